The first-order valence-corrected chi connectivity index (χ1v) is 12.1. The number of benzene rings is 2. The van der Waals surface area contributed by atoms with Crippen molar-refractivity contribution in [1.82, 2.24) is 14.8 Å². The number of anilines is 1. The quantitative estimate of drug-likeness (QED) is 0.143. The lowest BCUT2D eigenvalue weighted by atomic mass is 10.2. The van der Waals surface area contributed by atoms with E-state index < -0.39 is 0 Å². The Morgan fingerprint density at radius 1 is 1.16 bits per heavy atom. The van der Waals surface area contributed by atoms with Gasteiger partial charge in [-0.2, -0.15) is 0 Å². The summed E-state index contributed by atoms with van der Waals surface area (Å²) in [6, 6.07) is 10.6. The van der Waals surface area contributed by atoms with E-state index in [1.165, 1.54) is 23.9 Å². The summed E-state index contributed by atoms with van der Waals surface area (Å²) in [6.07, 6.45) is 1.73. The summed E-state index contributed by atoms with van der Waals surface area (Å²) in [5, 5.41) is 13.6. The van der Waals surface area contributed by atoms with Crippen molar-refractivity contribution in [2.75, 3.05) is 11.1 Å². The van der Waals surface area contributed by atoms with Crippen LogP contribution in [0.4, 0.5) is 5.69 Å². The summed E-state index contributed by atoms with van der Waals surface area (Å²) in [4.78, 5) is 12.5. The van der Waals surface area contributed by atoms with Crippen molar-refractivity contribution in [3.8, 4) is 11.6 Å². The van der Waals surface area contributed by atoms with Crippen molar-refractivity contribution < 1.29 is 9.21 Å². The van der Waals surface area contributed by atoms with Gasteiger partial charge >= 0.3 is 0 Å². The van der Waals surface area contributed by atoms with Crippen LogP contribution >= 0.6 is 62.5 Å². The van der Waals surface area contributed by atoms with Gasteiger partial charge in [-0.3, -0.25) is 9.36 Å². The monoisotopic (exact) mass is 570 g/mol. The molecule has 0 aliphatic carbocycles. The number of rotatable bonds is 7. The summed E-state index contributed by atoms with van der Waals surface area (Å²) >= 11 is 22.8. The van der Waals surface area contributed by atoms with E-state index in [1.54, 1.807) is 6.08 Å². The van der Waals surface area contributed by atoms with Gasteiger partial charge in [-0.25, -0.2) is 0 Å². The molecule has 2 heterocycles. The third-order valence-electron chi connectivity index (χ3n) is 4.34. The third-order valence-corrected chi connectivity index (χ3v) is 6.84. The maximum atomic E-state index is 12.5. The second-order valence-corrected chi connectivity index (χ2v) is 9.66. The van der Waals surface area contributed by atoms with Crippen LogP contribution in [0.3, 0.4) is 0 Å². The lowest BCUT2D eigenvalue weighted by Crippen LogP contribution is -2.15. The Balaban J connectivity index is 1.53. The number of hydrogen-bond acceptors (Lipinski definition) is 5. The smallest absolute Gasteiger partial charge is 0.234 e. The summed E-state index contributed by atoms with van der Waals surface area (Å²) in [7, 11) is 0. The number of aromatic nitrogens is 3. The zero-order valence-electron chi connectivity index (χ0n) is 16.2. The highest BCUT2D eigenvalue weighted by Gasteiger charge is 2.19. The van der Waals surface area contributed by atoms with E-state index in [9.17, 15) is 4.79 Å². The van der Waals surface area contributed by atoms with Crippen LogP contribution in [0.15, 0.2) is 63.1 Å². The zero-order chi connectivity index (χ0) is 22.8. The molecule has 11 heteroatoms. The average Bonchev–Trinajstić information content (AvgIpc) is 3.34. The highest BCUT2D eigenvalue weighted by molar-refractivity contribution is 9.10. The molecule has 2 aromatic carbocycles. The Bertz CT molecular complexity index is 1340. The molecular formula is C21H14BrCl3N4O2S. The van der Waals surface area contributed by atoms with Gasteiger partial charge in [-0.05, 0) is 36.4 Å². The number of hydrogen-bond donors (Lipinski definition) is 1. The van der Waals surface area contributed by atoms with Gasteiger partial charge in [0.2, 0.25) is 11.7 Å². The van der Waals surface area contributed by atoms with E-state index in [-0.39, 0.29) is 11.7 Å². The molecule has 0 atom stereocenters. The summed E-state index contributed by atoms with van der Waals surface area (Å²) in [5.74, 6) is 0.927. The van der Waals surface area contributed by atoms with Crippen LogP contribution in [0, 0.1) is 0 Å². The Morgan fingerprint density at radius 2 is 1.94 bits per heavy atom. The van der Waals surface area contributed by atoms with Crippen molar-refractivity contribution in [1.29, 1.82) is 0 Å². The van der Waals surface area contributed by atoms with Gasteiger partial charge in [0.25, 0.3) is 0 Å². The highest BCUT2D eigenvalue weighted by atomic mass is 79.9. The minimum Gasteiger partial charge on any atom is -0.453 e. The molecule has 4 rings (SSSR count). The van der Waals surface area contributed by atoms with E-state index in [1.807, 2.05) is 28.8 Å². The number of fused-ring (bicyclic) bond motifs is 1. The number of nitrogens with zero attached hydrogens (tertiary/aromatic N) is 3. The Labute approximate surface area is 211 Å². The van der Waals surface area contributed by atoms with Crippen molar-refractivity contribution in [3.63, 3.8) is 0 Å². The molecule has 0 fully saturated rings. The van der Waals surface area contributed by atoms with Crippen LogP contribution in [0.25, 0.3) is 22.6 Å². The number of carbonyl (C=O) groups is 1. The number of furan rings is 1. The number of carbonyl (C=O) groups excluding carboxylic acids is 1. The fourth-order valence-corrected chi connectivity index (χ4v) is 4.65. The number of nitrogens with one attached hydrogen (secondary N) is 1. The molecule has 32 heavy (non-hydrogen) atoms. The predicted octanol–water partition coefficient (Wildman–Crippen LogP) is 7.33. The Kier molecular flexibility index (Phi) is 7.17. The molecule has 0 radical (unpaired) electrons. The van der Waals surface area contributed by atoms with Crippen LogP contribution in [-0.2, 0) is 11.3 Å². The fourth-order valence-electron chi connectivity index (χ4n) is 2.93. The van der Waals surface area contributed by atoms with E-state index in [4.69, 9.17) is 39.2 Å². The third kappa shape index (κ3) is 5.00. The fraction of sp³-hybridized carbons (Fsp3) is 0.0952. The van der Waals surface area contributed by atoms with Gasteiger partial charge in [-0.15, -0.1) is 16.8 Å². The highest BCUT2D eigenvalue weighted by Crippen LogP contribution is 2.33. The zero-order valence-corrected chi connectivity index (χ0v) is 20.9. The SMILES string of the molecule is C=CCn1c(SCC(=O)Nc2cc(Cl)c(Cl)cc2Cl)nnc1-c1cc2cc(Br)ccc2o1. The van der Waals surface area contributed by atoms with Crippen molar-refractivity contribution in [2.45, 2.75) is 11.7 Å². The normalized spacial score (nSPS) is 11.1. The minimum absolute atomic E-state index is 0.0823. The summed E-state index contributed by atoms with van der Waals surface area (Å²) in [5.41, 5.74) is 1.12. The lowest BCUT2D eigenvalue weighted by molar-refractivity contribution is -0.113. The van der Waals surface area contributed by atoms with Gasteiger partial charge < -0.3 is 9.73 Å². The maximum Gasteiger partial charge on any atom is 0.234 e. The molecule has 4 aromatic rings. The number of thioether (sulfide) groups is 1. The van der Waals surface area contributed by atoms with E-state index in [0.717, 1.165) is 15.4 Å². The van der Waals surface area contributed by atoms with Crippen LogP contribution in [-0.4, -0.2) is 26.4 Å². The summed E-state index contributed by atoms with van der Waals surface area (Å²) in [6.45, 7) is 4.25. The van der Waals surface area contributed by atoms with Crippen LogP contribution in [0.2, 0.25) is 15.1 Å². The first kappa shape index (κ1) is 23.2. The molecule has 164 valence electrons. The van der Waals surface area contributed by atoms with Crippen molar-refractivity contribution >= 4 is 85.1 Å². The first-order chi connectivity index (χ1) is 15.4. The van der Waals surface area contributed by atoms with Gasteiger partial charge in [0.15, 0.2) is 10.9 Å². The maximum absolute atomic E-state index is 12.5. The van der Waals surface area contributed by atoms with Crippen molar-refractivity contribution in [2.24, 2.45) is 0 Å². The van der Waals surface area contributed by atoms with Crippen LogP contribution in [0.1, 0.15) is 0 Å². The Hall–Kier alpha value is -1.97. The van der Waals surface area contributed by atoms with E-state index >= 15 is 0 Å². The standard InChI is InChI=1S/C21H14BrCl3N4O2S/c1-2-5-29-20(18-7-11-6-12(22)3-4-17(11)31-18)27-28-21(29)32-10-19(30)26-16-9-14(24)13(23)8-15(16)25/h2-4,6-9H,1,5,10H2,(H,26,30). The molecule has 0 unspecified atom stereocenters. The van der Waals surface area contributed by atoms with Gasteiger partial charge in [0.05, 0.1) is 26.5 Å². The molecule has 1 N–H and O–H groups in total. The molecule has 6 nitrogen and oxygen atoms in total. The second kappa shape index (κ2) is 9.89. The predicted molar refractivity (Wildman–Crippen MR) is 134 cm³/mol. The van der Waals surface area contributed by atoms with E-state index in [0.29, 0.717) is 44.0 Å². The number of halogens is 4. The van der Waals surface area contributed by atoms with Gasteiger partial charge in [-0.1, -0.05) is 68.6 Å². The minimum atomic E-state index is -0.279. The van der Waals surface area contributed by atoms with Crippen LogP contribution in [0.5, 0.6) is 0 Å². The Morgan fingerprint density at radius 3 is 2.72 bits per heavy atom. The molecule has 0 saturated heterocycles. The molecule has 0 saturated carbocycles. The van der Waals surface area contributed by atoms with E-state index in [2.05, 4.69) is 38.0 Å². The average molecular weight is 573 g/mol. The van der Waals surface area contributed by atoms with Crippen molar-refractivity contribution in [3.05, 3.63) is 68.6 Å². The molecule has 1 amide bonds. The van der Waals surface area contributed by atoms with Crippen LogP contribution < -0.4 is 5.32 Å². The second-order valence-electron chi connectivity index (χ2n) is 6.58. The first-order valence-electron chi connectivity index (χ1n) is 9.16. The topological polar surface area (TPSA) is 73.0 Å². The number of amides is 1. The van der Waals surface area contributed by atoms with Gasteiger partial charge in [0.1, 0.15) is 5.58 Å². The molecule has 0 bridgehead atoms. The summed E-state index contributed by atoms with van der Waals surface area (Å²) < 4.78 is 8.73. The molecule has 2 aromatic heterocycles. The molecule has 0 aliphatic rings. The molecular weight excluding hydrogens is 559 g/mol. The molecule has 0 aliphatic heterocycles. The number of allylic oxidation sites excluding steroid dienone is 1. The lowest BCUT2D eigenvalue weighted by Gasteiger charge is -2.09. The molecule has 0 spiro atoms. The largest absolute Gasteiger partial charge is 0.453 e. The van der Waals surface area contributed by atoms with Gasteiger partial charge in [0, 0.05) is 16.4 Å².